The molecule has 0 spiro atoms. The molecule has 3 nitrogen and oxygen atoms in total. The summed E-state index contributed by atoms with van der Waals surface area (Å²) in [4.78, 5) is 15.1. The van der Waals surface area contributed by atoms with Crippen molar-refractivity contribution in [2.45, 2.75) is 66.2 Å². The van der Waals surface area contributed by atoms with Gasteiger partial charge in [0.1, 0.15) is 0 Å². The zero-order valence-electron chi connectivity index (χ0n) is 32.3. The molecule has 54 heavy (non-hydrogen) atoms. The number of benzene rings is 5. The average Bonchev–Trinajstić information content (AvgIpc) is 3.53. The largest absolute Gasteiger partial charge is 2.00 e. The van der Waals surface area contributed by atoms with Crippen molar-refractivity contribution in [2.75, 3.05) is 0 Å². The predicted molar refractivity (Wildman–Crippen MR) is 223 cm³/mol. The van der Waals surface area contributed by atoms with E-state index in [9.17, 15) is 0 Å². The molecule has 0 atom stereocenters. The molecule has 3 heterocycles. The molecule has 0 bridgehead atoms. The van der Waals surface area contributed by atoms with Crippen LogP contribution in [0, 0.1) is 19.9 Å². The number of aromatic nitrogens is 3. The maximum Gasteiger partial charge on any atom is 2.00 e. The molecule has 270 valence electrons. The van der Waals surface area contributed by atoms with Gasteiger partial charge in [0.05, 0.1) is 5.69 Å². The van der Waals surface area contributed by atoms with E-state index in [4.69, 9.17) is 15.0 Å². The van der Waals surface area contributed by atoms with Crippen LogP contribution in [-0.4, -0.2) is 9.97 Å². The second kappa shape index (κ2) is 14.3. The van der Waals surface area contributed by atoms with E-state index in [1.165, 1.54) is 33.4 Å². The van der Waals surface area contributed by atoms with Gasteiger partial charge >= 0.3 is 21.1 Å². The minimum Gasteiger partial charge on any atom is -0.662 e. The molecule has 8 rings (SSSR count). The Hall–Kier alpha value is -5.11. The summed E-state index contributed by atoms with van der Waals surface area (Å²) < 4.78 is 0. The summed E-state index contributed by atoms with van der Waals surface area (Å²) in [6.07, 6.45) is 3.77. The SMILES string of the molecule is Cc1cccc(C)c1-c1ccnc(-c2cccc3c2[n-]c2c(-c4[c-]c(-c5ccccn5)cc(-c5cc(C(C)(C)C)cc(C(C)(C)C)c5)c4)cccc23)c1.[Pt+2]. The Balaban J connectivity index is 0.00000450. The van der Waals surface area contributed by atoms with Crippen LogP contribution in [0.1, 0.15) is 63.8 Å². The molecule has 4 heteroatoms. The molecule has 0 aliphatic rings. The van der Waals surface area contributed by atoms with Crippen LogP contribution >= 0.6 is 0 Å². The van der Waals surface area contributed by atoms with Crippen LogP contribution in [0.15, 0.2) is 128 Å². The van der Waals surface area contributed by atoms with Crippen molar-refractivity contribution in [1.29, 1.82) is 0 Å². The van der Waals surface area contributed by atoms with E-state index in [-0.39, 0.29) is 31.9 Å². The fourth-order valence-corrected chi connectivity index (χ4v) is 7.50. The number of rotatable bonds is 5. The van der Waals surface area contributed by atoms with E-state index >= 15 is 0 Å². The summed E-state index contributed by atoms with van der Waals surface area (Å²) in [5.74, 6) is 0. The van der Waals surface area contributed by atoms with Gasteiger partial charge in [-0.15, -0.1) is 29.3 Å². The van der Waals surface area contributed by atoms with Crippen LogP contribution in [-0.2, 0) is 31.9 Å². The first-order chi connectivity index (χ1) is 25.3. The third-order valence-electron chi connectivity index (χ3n) is 10.5. The van der Waals surface area contributed by atoms with Gasteiger partial charge in [-0.1, -0.05) is 143 Å². The van der Waals surface area contributed by atoms with E-state index in [2.05, 4.69) is 165 Å². The maximum absolute atomic E-state index is 5.43. The standard InChI is InChI=1S/C50H45N3.Pt/c1-31-14-11-15-32(2)46(31)33-21-23-52-45(29-33)43-19-13-18-42-41-17-12-16-40(47(41)53-48(42)43)36-24-34(25-37(26-36)44-20-9-10-22-51-44)35-27-38(49(3,4)5)30-39(28-35)50(6,7)8;/h9-25,27-30H,1-8H3;/q-2;+2. The summed E-state index contributed by atoms with van der Waals surface area (Å²) in [5.41, 5.74) is 17.6. The first-order valence-corrected chi connectivity index (χ1v) is 18.5. The van der Waals surface area contributed by atoms with Crippen molar-refractivity contribution in [3.8, 4) is 55.9 Å². The summed E-state index contributed by atoms with van der Waals surface area (Å²) in [6, 6.07) is 45.2. The monoisotopic (exact) mass is 882 g/mol. The normalized spacial score (nSPS) is 11.9. The molecule has 0 saturated heterocycles. The van der Waals surface area contributed by atoms with Crippen LogP contribution in [0.2, 0.25) is 0 Å². The Morgan fingerprint density at radius 2 is 1.07 bits per heavy atom. The van der Waals surface area contributed by atoms with Crippen molar-refractivity contribution < 1.29 is 21.1 Å². The first-order valence-electron chi connectivity index (χ1n) is 18.5. The number of hydrogen-bond donors (Lipinski definition) is 0. The molecule has 0 radical (unpaired) electrons. The van der Waals surface area contributed by atoms with Crippen molar-refractivity contribution in [1.82, 2.24) is 15.0 Å². The quantitative estimate of drug-likeness (QED) is 0.162. The number of para-hydroxylation sites is 2. The molecule has 5 aromatic carbocycles. The van der Waals surface area contributed by atoms with Crippen LogP contribution in [0.3, 0.4) is 0 Å². The van der Waals surface area contributed by atoms with Gasteiger partial charge in [-0.3, -0.25) is 9.97 Å². The number of pyridine rings is 2. The van der Waals surface area contributed by atoms with Crippen LogP contribution in [0.25, 0.3) is 77.7 Å². The van der Waals surface area contributed by atoms with Gasteiger partial charge < -0.3 is 4.98 Å². The Morgan fingerprint density at radius 3 is 1.70 bits per heavy atom. The van der Waals surface area contributed by atoms with Gasteiger partial charge in [0, 0.05) is 18.1 Å². The van der Waals surface area contributed by atoms with E-state index in [0.717, 1.165) is 66.6 Å². The van der Waals surface area contributed by atoms with Crippen molar-refractivity contribution >= 4 is 21.8 Å². The molecule has 8 aromatic rings. The molecule has 0 N–H and O–H groups in total. The number of nitrogens with zero attached hydrogens (tertiary/aromatic N) is 3. The van der Waals surface area contributed by atoms with Gasteiger partial charge in [-0.25, -0.2) is 0 Å². The smallest absolute Gasteiger partial charge is 0.662 e. The van der Waals surface area contributed by atoms with Gasteiger partial charge in [0.15, 0.2) is 0 Å². The summed E-state index contributed by atoms with van der Waals surface area (Å²) >= 11 is 0. The van der Waals surface area contributed by atoms with Crippen LogP contribution < -0.4 is 4.98 Å². The molecular weight excluding hydrogens is 838 g/mol. The van der Waals surface area contributed by atoms with E-state index in [0.29, 0.717) is 0 Å². The maximum atomic E-state index is 5.43. The molecule has 0 fully saturated rings. The first kappa shape index (κ1) is 37.2. The predicted octanol–water partition coefficient (Wildman–Crippen LogP) is 13.1. The Bertz CT molecular complexity index is 2600. The third kappa shape index (κ3) is 6.99. The molecule has 0 aliphatic carbocycles. The topological polar surface area (TPSA) is 39.9 Å². The average molecular weight is 883 g/mol. The second-order valence-corrected chi connectivity index (χ2v) is 16.4. The zero-order valence-corrected chi connectivity index (χ0v) is 34.6. The fourth-order valence-electron chi connectivity index (χ4n) is 7.50. The number of hydrogen-bond acceptors (Lipinski definition) is 2. The number of fused-ring (bicyclic) bond motifs is 3. The summed E-state index contributed by atoms with van der Waals surface area (Å²) in [5, 5.41) is 2.24. The van der Waals surface area contributed by atoms with Gasteiger partial charge in [-0.2, -0.15) is 5.52 Å². The van der Waals surface area contributed by atoms with Gasteiger partial charge in [0.2, 0.25) is 0 Å². The Morgan fingerprint density at radius 1 is 0.500 bits per heavy atom. The van der Waals surface area contributed by atoms with Gasteiger partial charge in [-0.05, 0) is 98.2 Å². The third-order valence-corrected chi connectivity index (χ3v) is 10.5. The second-order valence-electron chi connectivity index (χ2n) is 16.4. The Kier molecular flexibility index (Phi) is 9.84. The molecule has 3 aromatic heterocycles. The van der Waals surface area contributed by atoms with E-state index in [1.807, 2.05) is 24.5 Å². The molecule has 0 amide bonds. The zero-order chi connectivity index (χ0) is 37.1. The fraction of sp³-hybridized carbons (Fsp3) is 0.200. The summed E-state index contributed by atoms with van der Waals surface area (Å²) in [6.45, 7) is 18.1. The molecule has 0 aliphatic heterocycles. The van der Waals surface area contributed by atoms with Crippen LogP contribution in [0.4, 0.5) is 0 Å². The minimum absolute atomic E-state index is 0. The van der Waals surface area contributed by atoms with E-state index < -0.39 is 0 Å². The van der Waals surface area contributed by atoms with E-state index in [1.54, 1.807) is 0 Å². The minimum atomic E-state index is -0.000688. The van der Waals surface area contributed by atoms with Crippen molar-refractivity contribution in [3.05, 3.63) is 156 Å². The van der Waals surface area contributed by atoms with Gasteiger partial charge in [0.25, 0.3) is 0 Å². The Labute approximate surface area is 334 Å². The van der Waals surface area contributed by atoms with Crippen molar-refractivity contribution in [3.63, 3.8) is 0 Å². The molecule has 0 saturated carbocycles. The number of aryl methyl sites for hydroxylation is 2. The molecular formula is C50H45N3Pt. The molecule has 0 unspecified atom stereocenters. The van der Waals surface area contributed by atoms with Crippen molar-refractivity contribution in [2.24, 2.45) is 0 Å². The summed E-state index contributed by atoms with van der Waals surface area (Å²) in [7, 11) is 0. The van der Waals surface area contributed by atoms with Crippen LogP contribution in [0.5, 0.6) is 0 Å².